The van der Waals surface area contributed by atoms with Crippen LogP contribution in [0, 0.1) is 6.92 Å². The van der Waals surface area contributed by atoms with E-state index >= 15 is 0 Å². The maximum atomic E-state index is 5.70. The molecule has 7 rings (SSSR count). The molecule has 1 aliphatic carbocycles. The van der Waals surface area contributed by atoms with Gasteiger partial charge in [0, 0.05) is 59.4 Å². The van der Waals surface area contributed by atoms with E-state index < -0.39 is 0 Å². The van der Waals surface area contributed by atoms with Gasteiger partial charge in [-0.3, -0.25) is 4.98 Å². The van der Waals surface area contributed by atoms with E-state index in [2.05, 4.69) is 83.0 Å². The molecule has 0 unspecified atom stereocenters. The van der Waals surface area contributed by atoms with Crippen molar-refractivity contribution in [3.05, 3.63) is 95.9 Å². The fourth-order valence-corrected chi connectivity index (χ4v) is 6.45. The number of fused-ring (bicyclic) bond motifs is 2. The molecule has 40 heavy (non-hydrogen) atoms. The van der Waals surface area contributed by atoms with Crippen molar-refractivity contribution in [2.45, 2.75) is 57.5 Å². The van der Waals surface area contributed by atoms with E-state index in [1.54, 1.807) is 0 Å². The summed E-state index contributed by atoms with van der Waals surface area (Å²) in [4.78, 5) is 12.8. The smallest absolute Gasteiger partial charge is 0.137 e. The first kappa shape index (κ1) is 25.2. The van der Waals surface area contributed by atoms with Crippen LogP contribution in [0.2, 0.25) is 0 Å². The van der Waals surface area contributed by atoms with Crippen molar-refractivity contribution in [1.82, 2.24) is 20.3 Å². The van der Waals surface area contributed by atoms with Gasteiger partial charge in [0.2, 0.25) is 0 Å². The van der Waals surface area contributed by atoms with Crippen molar-refractivity contribution < 1.29 is 4.74 Å². The van der Waals surface area contributed by atoms with E-state index in [1.807, 2.05) is 18.5 Å². The van der Waals surface area contributed by atoms with Crippen LogP contribution >= 0.6 is 0 Å². The lowest BCUT2D eigenvalue weighted by molar-refractivity contribution is 0.0656. The lowest BCUT2D eigenvalue weighted by Gasteiger charge is -2.28. The molecule has 0 amide bonds. The molecule has 0 spiro atoms. The van der Waals surface area contributed by atoms with Gasteiger partial charge in [0.15, 0.2) is 0 Å². The first-order valence-corrected chi connectivity index (χ1v) is 14.7. The topological polar surface area (TPSA) is 62.8 Å². The average molecular weight is 529 g/mol. The number of rotatable bonds is 5. The standard InChI is InChI=1S/C35H36N4O/c1-23-4-2-16-36-34(23)26-9-7-25(8-10-26)33-21-38-35-32(33)19-29(20-37-35)28-11-6-24-12-14-30(15-13-27(24)18-28)39-31-5-3-17-40-22-31/h2,4,6-11,16,18-21,30-31,39H,3,5,12-15,17,22H2,1H3,(H,37,38)/t30-,31-/m0/s1. The first-order chi connectivity index (χ1) is 19.7. The molecule has 4 heterocycles. The Hall–Kier alpha value is -3.80. The Balaban J connectivity index is 1.13. The highest BCUT2D eigenvalue weighted by atomic mass is 16.5. The molecule has 0 saturated carbocycles. The Morgan fingerprint density at radius 3 is 2.48 bits per heavy atom. The summed E-state index contributed by atoms with van der Waals surface area (Å²) in [5.74, 6) is 0. The fraction of sp³-hybridized carbons (Fsp3) is 0.314. The molecule has 5 aromatic rings. The fourth-order valence-electron chi connectivity index (χ4n) is 6.45. The van der Waals surface area contributed by atoms with Gasteiger partial charge in [-0.05, 0) is 85.4 Å². The lowest BCUT2D eigenvalue weighted by Crippen LogP contribution is -2.43. The van der Waals surface area contributed by atoms with Gasteiger partial charge in [-0.25, -0.2) is 4.98 Å². The van der Waals surface area contributed by atoms with Crippen LogP contribution in [0.15, 0.2) is 79.3 Å². The predicted octanol–water partition coefficient (Wildman–Crippen LogP) is 7.28. The Labute approximate surface area is 236 Å². The molecule has 2 N–H and O–H groups in total. The maximum Gasteiger partial charge on any atom is 0.137 e. The Bertz CT molecular complexity index is 1630. The Morgan fingerprint density at radius 2 is 1.65 bits per heavy atom. The molecule has 2 atom stereocenters. The molecule has 0 radical (unpaired) electrons. The van der Waals surface area contributed by atoms with Crippen LogP contribution in [0.4, 0.5) is 0 Å². The summed E-state index contributed by atoms with van der Waals surface area (Å²) in [6.45, 7) is 3.88. The van der Waals surface area contributed by atoms with Gasteiger partial charge in [0.25, 0.3) is 0 Å². The molecule has 0 bridgehead atoms. The minimum absolute atomic E-state index is 0.513. The van der Waals surface area contributed by atoms with Gasteiger partial charge in [0.05, 0.1) is 12.3 Å². The zero-order valence-electron chi connectivity index (χ0n) is 23.1. The number of aromatic amines is 1. The summed E-state index contributed by atoms with van der Waals surface area (Å²) < 4.78 is 5.70. The van der Waals surface area contributed by atoms with Gasteiger partial charge in [-0.15, -0.1) is 0 Å². The molecule has 2 aromatic carbocycles. The number of ether oxygens (including phenoxy) is 1. The summed E-state index contributed by atoms with van der Waals surface area (Å²) in [6, 6.07) is 23.2. The van der Waals surface area contributed by atoms with Gasteiger partial charge in [-0.2, -0.15) is 0 Å². The van der Waals surface area contributed by atoms with E-state index in [0.717, 1.165) is 53.9 Å². The van der Waals surface area contributed by atoms with Crippen LogP contribution in [0.3, 0.4) is 0 Å². The van der Waals surface area contributed by atoms with E-state index in [1.165, 1.54) is 59.1 Å². The lowest BCUT2D eigenvalue weighted by atomic mass is 9.96. The Morgan fingerprint density at radius 1 is 0.825 bits per heavy atom. The molecule has 1 saturated heterocycles. The van der Waals surface area contributed by atoms with Crippen LogP contribution in [-0.2, 0) is 17.6 Å². The average Bonchev–Trinajstić information content (AvgIpc) is 3.32. The highest BCUT2D eigenvalue weighted by molar-refractivity contribution is 5.96. The number of aryl methyl sites for hydroxylation is 3. The van der Waals surface area contributed by atoms with Crippen molar-refractivity contribution in [3.8, 4) is 33.5 Å². The minimum Gasteiger partial charge on any atom is -0.380 e. The highest BCUT2D eigenvalue weighted by Gasteiger charge is 2.21. The normalized spacial score (nSPS) is 19.3. The molecule has 2 aliphatic rings. The molecule has 5 nitrogen and oxygen atoms in total. The number of H-pyrrole nitrogens is 1. The van der Waals surface area contributed by atoms with Crippen LogP contribution < -0.4 is 5.32 Å². The van der Waals surface area contributed by atoms with E-state index in [0.29, 0.717) is 12.1 Å². The van der Waals surface area contributed by atoms with E-state index in [-0.39, 0.29) is 0 Å². The van der Waals surface area contributed by atoms with Gasteiger partial charge < -0.3 is 15.0 Å². The SMILES string of the molecule is Cc1cccnc1-c1ccc(-c2c[nH]c3ncc(-c4ccc5c(c4)CC[C@@H](N[C@H]4CCCOC4)CC5)cc23)cc1. The van der Waals surface area contributed by atoms with Crippen LogP contribution in [-0.4, -0.2) is 40.2 Å². The van der Waals surface area contributed by atoms with Crippen molar-refractivity contribution >= 4 is 11.0 Å². The predicted molar refractivity (Wildman–Crippen MR) is 162 cm³/mol. The number of hydrogen-bond donors (Lipinski definition) is 2. The summed E-state index contributed by atoms with van der Waals surface area (Å²) in [7, 11) is 0. The third kappa shape index (κ3) is 5.07. The molecule has 1 fully saturated rings. The number of pyridine rings is 2. The van der Waals surface area contributed by atoms with Crippen molar-refractivity contribution in [3.63, 3.8) is 0 Å². The first-order valence-electron chi connectivity index (χ1n) is 14.7. The number of nitrogens with one attached hydrogen (secondary N) is 2. The molecule has 5 heteroatoms. The summed E-state index contributed by atoms with van der Waals surface area (Å²) in [6.07, 6.45) is 13.0. The molecular formula is C35H36N4O. The van der Waals surface area contributed by atoms with Crippen molar-refractivity contribution in [1.29, 1.82) is 0 Å². The second kappa shape index (κ2) is 11.0. The molecule has 1 aliphatic heterocycles. The van der Waals surface area contributed by atoms with Crippen LogP contribution in [0.5, 0.6) is 0 Å². The summed E-state index contributed by atoms with van der Waals surface area (Å²) in [5, 5.41) is 5.04. The zero-order chi connectivity index (χ0) is 26.9. The number of aromatic nitrogens is 3. The zero-order valence-corrected chi connectivity index (χ0v) is 23.1. The second-order valence-corrected chi connectivity index (χ2v) is 11.4. The number of benzene rings is 2. The summed E-state index contributed by atoms with van der Waals surface area (Å²) in [5.41, 5.74) is 12.0. The second-order valence-electron chi connectivity index (χ2n) is 11.4. The minimum atomic E-state index is 0.513. The number of nitrogens with zero attached hydrogens (tertiary/aromatic N) is 2. The highest BCUT2D eigenvalue weighted by Crippen LogP contribution is 2.34. The Kier molecular flexibility index (Phi) is 6.92. The largest absolute Gasteiger partial charge is 0.380 e. The third-order valence-corrected chi connectivity index (χ3v) is 8.71. The van der Waals surface area contributed by atoms with Crippen LogP contribution in [0.1, 0.15) is 42.4 Å². The van der Waals surface area contributed by atoms with E-state index in [9.17, 15) is 0 Å². The molecule has 3 aromatic heterocycles. The summed E-state index contributed by atoms with van der Waals surface area (Å²) >= 11 is 0. The quantitative estimate of drug-likeness (QED) is 0.235. The van der Waals surface area contributed by atoms with Gasteiger partial charge in [0.1, 0.15) is 5.65 Å². The van der Waals surface area contributed by atoms with Crippen molar-refractivity contribution in [2.24, 2.45) is 0 Å². The molecule has 202 valence electrons. The maximum absolute atomic E-state index is 5.70. The van der Waals surface area contributed by atoms with E-state index in [4.69, 9.17) is 9.72 Å². The third-order valence-electron chi connectivity index (χ3n) is 8.71. The van der Waals surface area contributed by atoms with Gasteiger partial charge in [-0.1, -0.05) is 48.5 Å². The van der Waals surface area contributed by atoms with Crippen molar-refractivity contribution in [2.75, 3.05) is 13.2 Å². The number of hydrogen-bond acceptors (Lipinski definition) is 4. The van der Waals surface area contributed by atoms with Gasteiger partial charge >= 0.3 is 0 Å². The van der Waals surface area contributed by atoms with Crippen LogP contribution in [0.25, 0.3) is 44.5 Å². The molecular weight excluding hydrogens is 492 g/mol. The monoisotopic (exact) mass is 528 g/mol.